The molecule has 1 heterocycles. The number of carbonyl (C=O) groups is 1. The van der Waals surface area contributed by atoms with E-state index in [9.17, 15) is 9.90 Å². The molecule has 25 heavy (non-hydrogen) atoms. The van der Waals surface area contributed by atoms with E-state index in [1.807, 2.05) is 41.0 Å². The van der Waals surface area contributed by atoms with Gasteiger partial charge in [-0.15, -0.1) is 0 Å². The lowest BCUT2D eigenvalue weighted by Crippen LogP contribution is -2.11. The third-order valence-electron chi connectivity index (χ3n) is 4.34. The number of carboxylic acid groups (broad SMARTS) is 1. The second-order valence-corrected chi connectivity index (χ2v) is 7.18. The van der Waals surface area contributed by atoms with Gasteiger partial charge in [-0.2, -0.15) is 0 Å². The highest BCUT2D eigenvalue weighted by Crippen LogP contribution is 2.25. The number of nitrogens with zero attached hydrogens (tertiary/aromatic N) is 1. The van der Waals surface area contributed by atoms with Crippen LogP contribution in [0.2, 0.25) is 0 Å². The first-order valence-corrected chi connectivity index (χ1v) is 8.41. The Morgan fingerprint density at radius 1 is 1.08 bits per heavy atom. The lowest BCUT2D eigenvalue weighted by molar-refractivity contribution is 0.0698. The van der Waals surface area contributed by atoms with Crippen molar-refractivity contribution in [1.29, 1.82) is 0 Å². The van der Waals surface area contributed by atoms with E-state index in [0.29, 0.717) is 18.7 Å². The molecule has 0 fully saturated rings. The van der Waals surface area contributed by atoms with Crippen LogP contribution in [0.25, 0.3) is 10.9 Å². The molecule has 0 aliphatic carbocycles. The second-order valence-electron chi connectivity index (χ2n) is 7.18. The molecule has 130 valence electrons. The zero-order chi connectivity index (χ0) is 18.0. The summed E-state index contributed by atoms with van der Waals surface area (Å²) in [5.74, 6) is -0.0865. The third kappa shape index (κ3) is 3.68. The van der Waals surface area contributed by atoms with Gasteiger partial charge in [0, 0.05) is 17.1 Å². The minimum absolute atomic E-state index is 0.121. The van der Waals surface area contributed by atoms with Crippen LogP contribution >= 0.6 is 0 Å². The van der Waals surface area contributed by atoms with E-state index >= 15 is 0 Å². The maximum absolute atomic E-state index is 11.4. The molecular weight excluding hydrogens is 314 g/mol. The van der Waals surface area contributed by atoms with Gasteiger partial charge < -0.3 is 14.4 Å². The number of ether oxygens (including phenoxy) is 1. The lowest BCUT2D eigenvalue weighted by Gasteiger charge is -2.19. The van der Waals surface area contributed by atoms with Crippen molar-refractivity contribution in [2.24, 2.45) is 0 Å². The molecule has 1 aromatic heterocycles. The van der Waals surface area contributed by atoms with Gasteiger partial charge in [0.05, 0.1) is 12.1 Å². The molecule has 0 amide bonds. The second kappa shape index (κ2) is 6.63. The maximum Gasteiger partial charge on any atom is 0.337 e. The summed E-state index contributed by atoms with van der Waals surface area (Å²) in [4.78, 5) is 11.4. The fourth-order valence-corrected chi connectivity index (χ4v) is 2.92. The summed E-state index contributed by atoms with van der Waals surface area (Å²) < 4.78 is 7.76. The van der Waals surface area contributed by atoms with Crippen LogP contribution in [0.5, 0.6) is 5.75 Å². The van der Waals surface area contributed by atoms with Crippen LogP contribution in [-0.4, -0.2) is 22.2 Å². The van der Waals surface area contributed by atoms with E-state index in [1.165, 1.54) is 5.56 Å². The van der Waals surface area contributed by atoms with Gasteiger partial charge in [0.1, 0.15) is 12.4 Å². The van der Waals surface area contributed by atoms with Gasteiger partial charge in [0.15, 0.2) is 0 Å². The molecule has 4 heteroatoms. The van der Waals surface area contributed by atoms with Gasteiger partial charge in [-0.1, -0.05) is 51.1 Å². The summed E-state index contributed by atoms with van der Waals surface area (Å²) in [5, 5.41) is 10.1. The van der Waals surface area contributed by atoms with Crippen LogP contribution in [0.4, 0.5) is 0 Å². The van der Waals surface area contributed by atoms with Crippen LogP contribution in [0.1, 0.15) is 36.7 Å². The number of para-hydroxylation sites is 1. The Morgan fingerprint density at radius 3 is 2.40 bits per heavy atom. The highest BCUT2D eigenvalue weighted by molar-refractivity contribution is 6.03. The fraction of sp³-hybridized carbons (Fsp3) is 0.286. The van der Waals surface area contributed by atoms with Crippen LogP contribution in [0.15, 0.2) is 54.7 Å². The number of hydrogen-bond donors (Lipinski definition) is 1. The number of aromatic nitrogens is 1. The van der Waals surface area contributed by atoms with Gasteiger partial charge in [-0.25, -0.2) is 4.79 Å². The van der Waals surface area contributed by atoms with Crippen LogP contribution in [0.3, 0.4) is 0 Å². The molecule has 0 saturated heterocycles. The SMILES string of the molecule is CC(C)(C)c1ccc(OCCn2cc(C(=O)O)c3ccccc32)cc1. The molecule has 0 atom stereocenters. The topological polar surface area (TPSA) is 51.5 Å². The zero-order valence-electron chi connectivity index (χ0n) is 14.8. The summed E-state index contributed by atoms with van der Waals surface area (Å²) in [6.45, 7) is 7.61. The smallest absolute Gasteiger partial charge is 0.337 e. The van der Waals surface area contributed by atoms with Crippen molar-refractivity contribution in [2.75, 3.05) is 6.61 Å². The summed E-state index contributed by atoms with van der Waals surface area (Å²) in [6.07, 6.45) is 1.68. The lowest BCUT2D eigenvalue weighted by atomic mass is 9.87. The highest BCUT2D eigenvalue weighted by Gasteiger charge is 2.14. The van der Waals surface area contributed by atoms with Crippen molar-refractivity contribution in [1.82, 2.24) is 4.57 Å². The average molecular weight is 337 g/mol. The molecule has 2 aromatic carbocycles. The Labute approximate surface area is 147 Å². The molecule has 3 aromatic rings. The van der Waals surface area contributed by atoms with E-state index < -0.39 is 5.97 Å². The standard InChI is InChI=1S/C21H23NO3/c1-21(2,3)15-8-10-16(11-9-15)25-13-12-22-14-18(20(23)24)17-6-4-5-7-19(17)22/h4-11,14H,12-13H2,1-3H3,(H,23,24). The molecule has 0 bridgehead atoms. The number of rotatable bonds is 5. The first kappa shape index (κ1) is 17.1. The van der Waals surface area contributed by atoms with Gasteiger partial charge in [0.2, 0.25) is 0 Å². The van der Waals surface area contributed by atoms with Crippen molar-refractivity contribution in [3.05, 3.63) is 65.9 Å². The Kier molecular flexibility index (Phi) is 4.53. The largest absolute Gasteiger partial charge is 0.492 e. The number of carboxylic acids is 1. The van der Waals surface area contributed by atoms with E-state index in [0.717, 1.165) is 16.7 Å². The monoisotopic (exact) mass is 337 g/mol. The molecule has 3 rings (SSSR count). The Morgan fingerprint density at radius 2 is 1.76 bits per heavy atom. The molecule has 0 saturated carbocycles. The summed E-state index contributed by atoms with van der Waals surface area (Å²) in [7, 11) is 0. The molecule has 4 nitrogen and oxygen atoms in total. The van der Waals surface area contributed by atoms with Crippen molar-refractivity contribution in [3.63, 3.8) is 0 Å². The fourth-order valence-electron chi connectivity index (χ4n) is 2.92. The normalized spacial score (nSPS) is 11.6. The van der Waals surface area contributed by atoms with Crippen molar-refractivity contribution >= 4 is 16.9 Å². The number of hydrogen-bond acceptors (Lipinski definition) is 2. The quantitative estimate of drug-likeness (QED) is 0.733. The predicted octanol–water partition coefficient (Wildman–Crippen LogP) is 4.72. The maximum atomic E-state index is 11.4. The molecule has 0 unspecified atom stereocenters. The van der Waals surface area contributed by atoms with Crippen molar-refractivity contribution in [2.45, 2.75) is 32.7 Å². The first-order chi connectivity index (χ1) is 11.9. The number of aromatic carboxylic acids is 1. The zero-order valence-corrected chi connectivity index (χ0v) is 14.8. The Balaban J connectivity index is 1.70. The first-order valence-electron chi connectivity index (χ1n) is 8.41. The van der Waals surface area contributed by atoms with Crippen LogP contribution < -0.4 is 4.74 Å². The predicted molar refractivity (Wildman–Crippen MR) is 99.5 cm³/mol. The minimum Gasteiger partial charge on any atom is -0.492 e. The summed E-state index contributed by atoms with van der Waals surface area (Å²) in [6, 6.07) is 15.7. The summed E-state index contributed by atoms with van der Waals surface area (Å²) >= 11 is 0. The summed E-state index contributed by atoms with van der Waals surface area (Å²) in [5.41, 5.74) is 2.62. The molecule has 1 N–H and O–H groups in total. The van der Waals surface area contributed by atoms with E-state index in [1.54, 1.807) is 6.20 Å². The van der Waals surface area contributed by atoms with Crippen molar-refractivity contribution in [3.8, 4) is 5.75 Å². The Hall–Kier alpha value is -2.75. The average Bonchev–Trinajstić information content (AvgIpc) is 2.94. The van der Waals surface area contributed by atoms with E-state index in [4.69, 9.17) is 4.74 Å². The van der Waals surface area contributed by atoms with Crippen molar-refractivity contribution < 1.29 is 14.6 Å². The third-order valence-corrected chi connectivity index (χ3v) is 4.34. The minimum atomic E-state index is -0.909. The van der Waals surface area contributed by atoms with Crippen LogP contribution in [0, 0.1) is 0 Å². The van der Waals surface area contributed by atoms with Gasteiger partial charge in [-0.05, 0) is 29.2 Å². The molecule has 0 aliphatic rings. The van der Waals surface area contributed by atoms with E-state index in [2.05, 4.69) is 32.9 Å². The Bertz CT molecular complexity index is 886. The number of fused-ring (bicyclic) bond motifs is 1. The highest BCUT2D eigenvalue weighted by atomic mass is 16.5. The molecule has 0 radical (unpaired) electrons. The van der Waals surface area contributed by atoms with Gasteiger partial charge in [-0.3, -0.25) is 0 Å². The van der Waals surface area contributed by atoms with Gasteiger partial charge in [0.25, 0.3) is 0 Å². The molecular formula is C21H23NO3. The number of benzene rings is 2. The van der Waals surface area contributed by atoms with E-state index in [-0.39, 0.29) is 5.41 Å². The van der Waals surface area contributed by atoms with Gasteiger partial charge >= 0.3 is 5.97 Å². The molecule has 0 spiro atoms. The molecule has 0 aliphatic heterocycles. The van der Waals surface area contributed by atoms with Crippen LogP contribution in [-0.2, 0) is 12.0 Å².